The van der Waals surface area contributed by atoms with Crippen molar-refractivity contribution < 1.29 is 9.90 Å². The Morgan fingerprint density at radius 3 is 2.47 bits per heavy atom. The molecule has 0 heterocycles. The second kappa shape index (κ2) is 6.73. The van der Waals surface area contributed by atoms with Gasteiger partial charge in [0.1, 0.15) is 0 Å². The number of carboxylic acid groups (broad SMARTS) is 1. The van der Waals surface area contributed by atoms with Crippen LogP contribution in [0.3, 0.4) is 0 Å². The molecule has 0 bridgehead atoms. The van der Waals surface area contributed by atoms with Gasteiger partial charge in [0.2, 0.25) is 0 Å². The summed E-state index contributed by atoms with van der Waals surface area (Å²) in [5.41, 5.74) is 10.3. The topological polar surface area (TPSA) is 86.1 Å². The van der Waals surface area contributed by atoms with E-state index in [2.05, 4.69) is 26.0 Å². The number of alkyl halides is 1. The highest BCUT2D eigenvalue weighted by Gasteiger charge is 2.03. The molecule has 0 fully saturated rings. The molecule has 1 aromatic carbocycles. The highest BCUT2D eigenvalue weighted by molar-refractivity contribution is 9.09. The van der Waals surface area contributed by atoms with E-state index in [1.165, 1.54) is 0 Å². The van der Waals surface area contributed by atoms with Crippen LogP contribution in [0.2, 0.25) is 0 Å². The van der Waals surface area contributed by atoms with E-state index in [1.807, 2.05) is 0 Å². The summed E-state index contributed by atoms with van der Waals surface area (Å²) in [5.74, 6) is -0.949. The van der Waals surface area contributed by atoms with E-state index in [-0.39, 0.29) is 12.1 Å². The highest BCUT2D eigenvalue weighted by Crippen LogP contribution is 2.17. The smallest absolute Gasteiger partial charge is 0.335 e. The van der Waals surface area contributed by atoms with Crippen LogP contribution in [0, 0.1) is 0 Å². The number of benzene rings is 1. The summed E-state index contributed by atoms with van der Waals surface area (Å²) in [4.78, 5) is 13.3. The molecular formula is C11H10BrN3O2. The fraction of sp³-hybridized carbons (Fsp3) is 0.182. The normalized spacial score (nSPS) is 10.8. The third-order valence-corrected chi connectivity index (χ3v) is 2.73. The van der Waals surface area contributed by atoms with Crippen molar-refractivity contribution in [2.24, 2.45) is 5.11 Å². The summed E-state index contributed by atoms with van der Waals surface area (Å²) >= 11 is 3.33. The van der Waals surface area contributed by atoms with E-state index in [0.717, 1.165) is 11.1 Å². The molecule has 0 aliphatic carbocycles. The Morgan fingerprint density at radius 1 is 1.41 bits per heavy atom. The molecule has 1 aromatic rings. The van der Waals surface area contributed by atoms with Gasteiger partial charge in [-0.3, -0.25) is 0 Å². The molecule has 17 heavy (non-hydrogen) atoms. The number of hydrogen-bond acceptors (Lipinski definition) is 2. The average Bonchev–Trinajstić information content (AvgIpc) is 2.35. The molecule has 0 amide bonds. The Balaban J connectivity index is 2.93. The number of rotatable bonds is 5. The van der Waals surface area contributed by atoms with Crippen LogP contribution in [0.5, 0.6) is 0 Å². The lowest BCUT2D eigenvalue weighted by atomic mass is 10.1. The van der Waals surface area contributed by atoms with Crippen molar-refractivity contribution >= 4 is 27.5 Å². The number of allylic oxidation sites excluding steroid dienone is 1. The van der Waals surface area contributed by atoms with Gasteiger partial charge in [0, 0.05) is 16.8 Å². The lowest BCUT2D eigenvalue weighted by Crippen LogP contribution is -1.96. The van der Waals surface area contributed by atoms with Crippen molar-refractivity contribution in [1.82, 2.24) is 0 Å². The van der Waals surface area contributed by atoms with Gasteiger partial charge in [-0.2, -0.15) is 0 Å². The molecule has 1 rings (SSSR count). The Kier molecular flexibility index (Phi) is 5.26. The lowest BCUT2D eigenvalue weighted by Gasteiger charge is -2.04. The maximum atomic E-state index is 10.7. The molecule has 0 saturated heterocycles. The molecule has 0 aliphatic heterocycles. The Bertz CT molecular complexity index is 476. The number of hydrogen-bond donors (Lipinski definition) is 1. The molecule has 0 aliphatic rings. The molecule has 0 saturated carbocycles. The molecule has 0 atom stereocenters. The Hall–Kier alpha value is -1.78. The number of halogens is 1. The number of carboxylic acids is 1. The molecule has 0 unspecified atom stereocenters. The molecule has 0 aromatic heterocycles. The van der Waals surface area contributed by atoms with E-state index in [4.69, 9.17) is 10.6 Å². The average molecular weight is 296 g/mol. The first kappa shape index (κ1) is 13.3. The van der Waals surface area contributed by atoms with Gasteiger partial charge < -0.3 is 5.11 Å². The zero-order valence-corrected chi connectivity index (χ0v) is 10.5. The lowest BCUT2D eigenvalue weighted by molar-refractivity contribution is 0.0697. The summed E-state index contributed by atoms with van der Waals surface area (Å²) in [7, 11) is 0. The van der Waals surface area contributed by atoms with Crippen LogP contribution in [0.1, 0.15) is 15.9 Å². The summed E-state index contributed by atoms with van der Waals surface area (Å²) in [6.45, 7) is 0.276. The van der Waals surface area contributed by atoms with Crippen molar-refractivity contribution in [3.8, 4) is 0 Å². The van der Waals surface area contributed by atoms with Gasteiger partial charge in [0.15, 0.2) is 0 Å². The van der Waals surface area contributed by atoms with Gasteiger partial charge in [-0.15, -0.1) is 0 Å². The van der Waals surface area contributed by atoms with Crippen molar-refractivity contribution in [3.63, 3.8) is 0 Å². The number of nitrogens with zero attached hydrogens (tertiary/aromatic N) is 3. The van der Waals surface area contributed by atoms with E-state index in [0.29, 0.717) is 5.33 Å². The zero-order valence-electron chi connectivity index (χ0n) is 8.88. The van der Waals surface area contributed by atoms with Gasteiger partial charge in [-0.1, -0.05) is 39.3 Å². The quantitative estimate of drug-likeness (QED) is 0.390. The maximum Gasteiger partial charge on any atom is 0.335 e. The number of azide groups is 1. The minimum absolute atomic E-state index is 0.248. The molecule has 88 valence electrons. The largest absolute Gasteiger partial charge is 0.478 e. The minimum Gasteiger partial charge on any atom is -0.478 e. The standard InChI is InChI=1S/C11H10BrN3O2/c12-7-10(5-6-14-15-13)8-1-3-9(4-2-8)11(16)17/h1-5H,6-7H2,(H,16,17). The SMILES string of the molecule is [N-]=[N+]=NCC=C(CBr)c1ccc(C(=O)O)cc1. The Morgan fingerprint density at radius 2 is 2.00 bits per heavy atom. The van der Waals surface area contributed by atoms with E-state index < -0.39 is 5.97 Å². The first-order chi connectivity index (χ1) is 8.19. The minimum atomic E-state index is -0.949. The molecule has 6 heteroatoms. The van der Waals surface area contributed by atoms with Crippen LogP contribution in [-0.4, -0.2) is 23.0 Å². The van der Waals surface area contributed by atoms with E-state index in [9.17, 15) is 4.79 Å². The molecule has 0 radical (unpaired) electrons. The summed E-state index contributed by atoms with van der Waals surface area (Å²) < 4.78 is 0. The summed E-state index contributed by atoms with van der Waals surface area (Å²) in [5, 5.41) is 12.8. The fourth-order valence-corrected chi connectivity index (χ4v) is 1.82. The monoisotopic (exact) mass is 295 g/mol. The number of aromatic carboxylic acids is 1. The van der Waals surface area contributed by atoms with Crippen molar-refractivity contribution in [1.29, 1.82) is 0 Å². The molecular weight excluding hydrogens is 286 g/mol. The second-order valence-electron chi connectivity index (χ2n) is 3.16. The predicted molar refractivity (Wildman–Crippen MR) is 69.2 cm³/mol. The van der Waals surface area contributed by atoms with Crippen molar-refractivity contribution in [3.05, 3.63) is 51.9 Å². The third kappa shape index (κ3) is 3.94. The second-order valence-corrected chi connectivity index (χ2v) is 3.72. The van der Waals surface area contributed by atoms with Crippen LogP contribution in [-0.2, 0) is 0 Å². The summed E-state index contributed by atoms with van der Waals surface area (Å²) in [6.07, 6.45) is 1.80. The van der Waals surface area contributed by atoms with Crippen LogP contribution < -0.4 is 0 Å². The van der Waals surface area contributed by atoms with Crippen LogP contribution in [0.4, 0.5) is 0 Å². The fourth-order valence-electron chi connectivity index (χ4n) is 1.26. The van der Waals surface area contributed by atoms with Crippen molar-refractivity contribution in [2.75, 3.05) is 11.9 Å². The predicted octanol–water partition coefficient (Wildman–Crippen LogP) is 3.47. The third-order valence-electron chi connectivity index (χ3n) is 2.13. The van der Waals surface area contributed by atoms with Gasteiger partial charge in [-0.05, 0) is 28.8 Å². The van der Waals surface area contributed by atoms with E-state index >= 15 is 0 Å². The molecule has 0 spiro atoms. The van der Waals surface area contributed by atoms with Gasteiger partial charge >= 0.3 is 5.97 Å². The Labute approximate surface area is 107 Å². The molecule has 5 nitrogen and oxygen atoms in total. The maximum absolute atomic E-state index is 10.7. The molecule has 1 N–H and O–H groups in total. The van der Waals surface area contributed by atoms with E-state index in [1.54, 1.807) is 30.3 Å². The first-order valence-electron chi connectivity index (χ1n) is 4.78. The number of carbonyl (C=O) groups is 1. The highest BCUT2D eigenvalue weighted by atomic mass is 79.9. The first-order valence-corrected chi connectivity index (χ1v) is 5.90. The van der Waals surface area contributed by atoms with Crippen LogP contribution >= 0.6 is 15.9 Å². The van der Waals surface area contributed by atoms with Gasteiger partial charge in [0.25, 0.3) is 0 Å². The van der Waals surface area contributed by atoms with Gasteiger partial charge in [-0.25, -0.2) is 4.79 Å². The van der Waals surface area contributed by atoms with Crippen molar-refractivity contribution in [2.45, 2.75) is 0 Å². The van der Waals surface area contributed by atoms with Crippen LogP contribution in [0.25, 0.3) is 16.0 Å². The van der Waals surface area contributed by atoms with Gasteiger partial charge in [0.05, 0.1) is 5.56 Å². The zero-order chi connectivity index (χ0) is 12.7. The summed E-state index contributed by atoms with van der Waals surface area (Å²) in [6, 6.07) is 6.54. The van der Waals surface area contributed by atoms with Crippen LogP contribution in [0.15, 0.2) is 35.5 Å².